The maximum Gasteiger partial charge on any atom is 0.233 e. The van der Waals surface area contributed by atoms with Gasteiger partial charge in [-0.25, -0.2) is 4.98 Å². The SMILES string of the molecule is Nc1ccc2cc([C]=O)ccc2n1. The third kappa shape index (κ3) is 1.36. The molecule has 0 aliphatic carbocycles. The molecule has 0 spiro atoms. The van der Waals surface area contributed by atoms with E-state index in [1.54, 1.807) is 24.3 Å². The molecule has 0 aliphatic rings. The van der Waals surface area contributed by atoms with Gasteiger partial charge in [0.2, 0.25) is 6.29 Å². The Bertz CT molecular complexity index is 465. The van der Waals surface area contributed by atoms with Crippen LogP contribution in [0.4, 0.5) is 5.82 Å². The van der Waals surface area contributed by atoms with Crippen LogP contribution in [0.5, 0.6) is 0 Å². The molecule has 0 unspecified atom stereocenters. The number of benzene rings is 1. The molecular formula is C10H7N2O. The Morgan fingerprint density at radius 3 is 2.85 bits per heavy atom. The maximum atomic E-state index is 10.3. The van der Waals surface area contributed by atoms with Gasteiger partial charge in [0, 0.05) is 10.9 Å². The fourth-order valence-corrected chi connectivity index (χ4v) is 1.20. The van der Waals surface area contributed by atoms with Gasteiger partial charge in [-0.2, -0.15) is 0 Å². The van der Waals surface area contributed by atoms with E-state index in [4.69, 9.17) is 5.73 Å². The topological polar surface area (TPSA) is 56.0 Å². The van der Waals surface area contributed by atoms with Gasteiger partial charge >= 0.3 is 0 Å². The first-order chi connectivity index (χ1) is 6.29. The van der Waals surface area contributed by atoms with Crippen LogP contribution in [0.1, 0.15) is 5.56 Å². The molecule has 0 atom stereocenters. The highest BCUT2D eigenvalue weighted by Crippen LogP contribution is 2.14. The van der Waals surface area contributed by atoms with Gasteiger partial charge in [-0.1, -0.05) is 0 Å². The molecule has 1 heterocycles. The highest BCUT2D eigenvalue weighted by molar-refractivity contribution is 5.87. The van der Waals surface area contributed by atoms with Crippen LogP contribution in [0.25, 0.3) is 10.9 Å². The van der Waals surface area contributed by atoms with E-state index in [-0.39, 0.29) is 0 Å². The number of pyridine rings is 1. The van der Waals surface area contributed by atoms with Crippen LogP contribution in [0.15, 0.2) is 30.3 Å². The summed E-state index contributed by atoms with van der Waals surface area (Å²) >= 11 is 0. The first-order valence-corrected chi connectivity index (χ1v) is 3.84. The molecule has 0 aliphatic heterocycles. The number of nitrogens with zero attached hydrogens (tertiary/aromatic N) is 1. The molecule has 2 N–H and O–H groups in total. The van der Waals surface area contributed by atoms with Crippen LogP contribution in [0.3, 0.4) is 0 Å². The van der Waals surface area contributed by atoms with Gasteiger partial charge in [-0.05, 0) is 30.3 Å². The lowest BCUT2D eigenvalue weighted by Gasteiger charge is -1.98. The smallest absolute Gasteiger partial charge is 0.233 e. The molecule has 2 rings (SSSR count). The number of rotatable bonds is 1. The van der Waals surface area contributed by atoms with Gasteiger partial charge in [0.1, 0.15) is 5.82 Å². The molecule has 0 bridgehead atoms. The quantitative estimate of drug-likeness (QED) is 0.703. The lowest BCUT2D eigenvalue weighted by atomic mass is 10.1. The molecule has 13 heavy (non-hydrogen) atoms. The number of fused-ring (bicyclic) bond motifs is 1. The van der Waals surface area contributed by atoms with Crippen molar-refractivity contribution in [2.24, 2.45) is 0 Å². The molecular weight excluding hydrogens is 164 g/mol. The summed E-state index contributed by atoms with van der Waals surface area (Å²) in [7, 11) is 0. The summed E-state index contributed by atoms with van der Waals surface area (Å²) < 4.78 is 0. The average molecular weight is 171 g/mol. The Morgan fingerprint density at radius 2 is 2.08 bits per heavy atom. The number of nitrogen functional groups attached to an aromatic ring is 1. The molecule has 0 fully saturated rings. The molecule has 0 amide bonds. The number of anilines is 1. The number of aromatic nitrogens is 1. The lowest BCUT2D eigenvalue weighted by Crippen LogP contribution is -1.90. The van der Waals surface area contributed by atoms with E-state index in [1.807, 2.05) is 12.4 Å². The van der Waals surface area contributed by atoms with E-state index < -0.39 is 0 Å². The third-order valence-electron chi connectivity index (χ3n) is 1.83. The fourth-order valence-electron chi connectivity index (χ4n) is 1.20. The summed E-state index contributed by atoms with van der Waals surface area (Å²) in [5.41, 5.74) is 6.82. The van der Waals surface area contributed by atoms with E-state index in [9.17, 15) is 4.79 Å². The van der Waals surface area contributed by atoms with Crippen molar-refractivity contribution in [2.45, 2.75) is 0 Å². The Hall–Kier alpha value is -1.90. The third-order valence-corrected chi connectivity index (χ3v) is 1.83. The van der Waals surface area contributed by atoms with Gasteiger partial charge in [-0.3, -0.25) is 4.79 Å². The zero-order valence-corrected chi connectivity index (χ0v) is 6.82. The second-order valence-electron chi connectivity index (χ2n) is 2.75. The van der Waals surface area contributed by atoms with Crippen LogP contribution in [-0.4, -0.2) is 11.3 Å². The monoisotopic (exact) mass is 171 g/mol. The minimum atomic E-state index is 0.482. The number of carbonyl (C=O) groups excluding carboxylic acids is 1. The van der Waals surface area contributed by atoms with E-state index in [1.165, 1.54) is 0 Å². The van der Waals surface area contributed by atoms with Gasteiger partial charge in [0.15, 0.2) is 0 Å². The van der Waals surface area contributed by atoms with Crippen molar-refractivity contribution in [3.63, 3.8) is 0 Å². The second-order valence-corrected chi connectivity index (χ2v) is 2.75. The van der Waals surface area contributed by atoms with Crippen molar-refractivity contribution in [1.82, 2.24) is 4.98 Å². The molecule has 0 saturated carbocycles. The van der Waals surface area contributed by atoms with Gasteiger partial charge < -0.3 is 5.73 Å². The van der Waals surface area contributed by atoms with Gasteiger partial charge in [-0.15, -0.1) is 0 Å². The summed E-state index contributed by atoms with van der Waals surface area (Å²) in [4.78, 5) is 14.4. The summed E-state index contributed by atoms with van der Waals surface area (Å²) in [5.74, 6) is 0.482. The van der Waals surface area contributed by atoms with E-state index in [0.29, 0.717) is 11.4 Å². The molecule has 1 aromatic heterocycles. The summed E-state index contributed by atoms with van der Waals surface area (Å²) in [5, 5.41) is 0.898. The van der Waals surface area contributed by atoms with Crippen molar-refractivity contribution in [2.75, 3.05) is 5.73 Å². The Morgan fingerprint density at radius 1 is 1.23 bits per heavy atom. The van der Waals surface area contributed by atoms with E-state index in [0.717, 1.165) is 10.9 Å². The van der Waals surface area contributed by atoms with Gasteiger partial charge in [0.05, 0.1) is 5.52 Å². The van der Waals surface area contributed by atoms with Crippen molar-refractivity contribution < 1.29 is 4.79 Å². The van der Waals surface area contributed by atoms with Crippen molar-refractivity contribution in [1.29, 1.82) is 0 Å². The molecule has 63 valence electrons. The Balaban J connectivity index is 2.73. The number of hydrogen-bond donors (Lipinski definition) is 1. The maximum absolute atomic E-state index is 10.3. The normalized spacial score (nSPS) is 10.2. The predicted octanol–water partition coefficient (Wildman–Crippen LogP) is 1.27. The van der Waals surface area contributed by atoms with Crippen molar-refractivity contribution >= 4 is 23.0 Å². The first kappa shape index (κ1) is 7.73. The molecule has 0 saturated heterocycles. The van der Waals surface area contributed by atoms with Crippen LogP contribution >= 0.6 is 0 Å². The van der Waals surface area contributed by atoms with Crippen LogP contribution in [-0.2, 0) is 4.79 Å². The molecule has 3 nitrogen and oxygen atoms in total. The highest BCUT2D eigenvalue weighted by Gasteiger charge is 1.97. The largest absolute Gasteiger partial charge is 0.384 e. The number of hydrogen-bond acceptors (Lipinski definition) is 3. The molecule has 1 aromatic carbocycles. The van der Waals surface area contributed by atoms with Gasteiger partial charge in [0.25, 0.3) is 0 Å². The Kier molecular flexibility index (Phi) is 1.70. The predicted molar refractivity (Wildman–Crippen MR) is 51.0 cm³/mol. The standard InChI is InChI=1S/C10H7N2O/c11-10-4-2-8-5-7(6-13)1-3-9(8)12-10/h1-5H,(H2,11,12). The summed E-state index contributed by atoms with van der Waals surface area (Å²) in [6, 6.07) is 8.69. The summed E-state index contributed by atoms with van der Waals surface area (Å²) in [6.07, 6.45) is 1.82. The van der Waals surface area contributed by atoms with Crippen LogP contribution in [0.2, 0.25) is 0 Å². The minimum absolute atomic E-state index is 0.482. The first-order valence-electron chi connectivity index (χ1n) is 3.84. The van der Waals surface area contributed by atoms with E-state index >= 15 is 0 Å². The van der Waals surface area contributed by atoms with Crippen molar-refractivity contribution in [3.05, 3.63) is 35.9 Å². The average Bonchev–Trinajstić information content (AvgIpc) is 2.17. The zero-order chi connectivity index (χ0) is 9.26. The molecule has 2 aromatic rings. The van der Waals surface area contributed by atoms with Crippen molar-refractivity contribution in [3.8, 4) is 0 Å². The summed E-state index contributed by atoms with van der Waals surface area (Å²) in [6.45, 7) is 0. The zero-order valence-electron chi connectivity index (χ0n) is 6.82. The van der Waals surface area contributed by atoms with Crippen LogP contribution in [0, 0.1) is 0 Å². The molecule has 3 heteroatoms. The van der Waals surface area contributed by atoms with E-state index in [2.05, 4.69) is 4.98 Å². The Labute approximate surface area is 75.2 Å². The fraction of sp³-hybridized carbons (Fsp3) is 0. The highest BCUT2D eigenvalue weighted by atomic mass is 16.1. The van der Waals surface area contributed by atoms with Crippen LogP contribution < -0.4 is 5.73 Å². The lowest BCUT2D eigenvalue weighted by molar-refractivity contribution is 0.563. The number of nitrogens with two attached hydrogens (primary N) is 1. The molecule has 1 radical (unpaired) electrons. The second kappa shape index (κ2) is 2.86. The minimum Gasteiger partial charge on any atom is -0.384 e.